The van der Waals surface area contributed by atoms with Crippen molar-refractivity contribution < 1.29 is 4.79 Å². The first-order valence-corrected chi connectivity index (χ1v) is 7.04. The van der Waals surface area contributed by atoms with Crippen LogP contribution in [0.1, 0.15) is 28.8 Å². The Morgan fingerprint density at radius 1 is 1.29 bits per heavy atom. The van der Waals surface area contributed by atoms with Crippen molar-refractivity contribution in [3.8, 4) is 0 Å². The Bertz CT molecular complexity index is 673. The predicted molar refractivity (Wildman–Crippen MR) is 85.1 cm³/mol. The molecule has 5 nitrogen and oxygen atoms in total. The van der Waals surface area contributed by atoms with Crippen LogP contribution in [0.5, 0.6) is 0 Å². The zero-order chi connectivity index (χ0) is 15.4. The van der Waals surface area contributed by atoms with Gasteiger partial charge < -0.3 is 10.6 Å². The number of aromatic nitrogens is 2. The summed E-state index contributed by atoms with van der Waals surface area (Å²) in [6, 6.07) is 5.32. The molecule has 0 saturated carbocycles. The van der Waals surface area contributed by atoms with Gasteiger partial charge in [0, 0.05) is 17.8 Å². The number of hydrogen-bond acceptors (Lipinski definition) is 4. The van der Waals surface area contributed by atoms with Gasteiger partial charge in [-0.3, -0.25) is 4.79 Å². The Morgan fingerprint density at radius 2 is 2.05 bits per heavy atom. The monoisotopic (exact) mass is 304 g/mol. The SMILES string of the molecule is CCNc1ccc(Cl)cc1NC(=O)c1cnc(C)nc1C. The van der Waals surface area contributed by atoms with Crippen LogP contribution in [0.4, 0.5) is 11.4 Å². The second-order valence-corrected chi connectivity index (χ2v) is 5.03. The number of hydrogen-bond donors (Lipinski definition) is 2. The summed E-state index contributed by atoms with van der Waals surface area (Å²) < 4.78 is 0. The van der Waals surface area contributed by atoms with Crippen LogP contribution in [0, 0.1) is 13.8 Å². The molecular formula is C15H17ClN4O. The summed E-state index contributed by atoms with van der Waals surface area (Å²) in [5.74, 6) is 0.383. The molecule has 1 amide bonds. The Kier molecular flexibility index (Phi) is 4.75. The fourth-order valence-electron chi connectivity index (χ4n) is 1.96. The number of anilines is 2. The van der Waals surface area contributed by atoms with E-state index in [1.54, 1.807) is 26.0 Å². The van der Waals surface area contributed by atoms with E-state index in [0.29, 0.717) is 27.8 Å². The molecule has 0 spiro atoms. The first-order valence-electron chi connectivity index (χ1n) is 6.66. The van der Waals surface area contributed by atoms with E-state index in [0.717, 1.165) is 12.2 Å². The van der Waals surface area contributed by atoms with Gasteiger partial charge in [0.25, 0.3) is 5.91 Å². The Labute approximate surface area is 128 Å². The summed E-state index contributed by atoms with van der Waals surface area (Å²) in [5, 5.41) is 6.59. The van der Waals surface area contributed by atoms with Gasteiger partial charge in [0.05, 0.1) is 22.6 Å². The molecule has 0 atom stereocenters. The van der Waals surface area contributed by atoms with E-state index >= 15 is 0 Å². The fraction of sp³-hybridized carbons (Fsp3) is 0.267. The smallest absolute Gasteiger partial charge is 0.259 e. The van der Waals surface area contributed by atoms with Crippen molar-refractivity contribution in [2.24, 2.45) is 0 Å². The van der Waals surface area contributed by atoms with Crippen LogP contribution in [0.2, 0.25) is 5.02 Å². The largest absolute Gasteiger partial charge is 0.384 e. The summed E-state index contributed by atoms with van der Waals surface area (Å²) in [7, 11) is 0. The Hall–Kier alpha value is -2.14. The van der Waals surface area contributed by atoms with Crippen molar-refractivity contribution in [3.63, 3.8) is 0 Å². The zero-order valence-corrected chi connectivity index (χ0v) is 13.0. The van der Waals surface area contributed by atoms with Gasteiger partial charge in [0.2, 0.25) is 0 Å². The molecule has 0 fully saturated rings. The van der Waals surface area contributed by atoms with Crippen molar-refractivity contribution in [1.82, 2.24) is 9.97 Å². The van der Waals surface area contributed by atoms with Crippen molar-refractivity contribution in [2.45, 2.75) is 20.8 Å². The highest BCUT2D eigenvalue weighted by molar-refractivity contribution is 6.31. The van der Waals surface area contributed by atoms with Gasteiger partial charge in [-0.2, -0.15) is 0 Å². The van der Waals surface area contributed by atoms with Crippen LogP contribution in [0.3, 0.4) is 0 Å². The maximum atomic E-state index is 12.4. The fourth-order valence-corrected chi connectivity index (χ4v) is 2.13. The van der Waals surface area contributed by atoms with Crippen LogP contribution in [0.15, 0.2) is 24.4 Å². The molecule has 6 heteroatoms. The number of halogens is 1. The number of rotatable bonds is 4. The number of carbonyl (C=O) groups is 1. The maximum absolute atomic E-state index is 12.4. The highest BCUT2D eigenvalue weighted by atomic mass is 35.5. The molecule has 0 unspecified atom stereocenters. The highest BCUT2D eigenvalue weighted by Gasteiger charge is 2.13. The van der Waals surface area contributed by atoms with E-state index < -0.39 is 0 Å². The molecule has 0 radical (unpaired) electrons. The Balaban J connectivity index is 2.28. The highest BCUT2D eigenvalue weighted by Crippen LogP contribution is 2.26. The standard InChI is InChI=1S/C15H17ClN4O/c1-4-17-13-6-5-11(16)7-14(13)20-15(21)12-8-18-10(3)19-9(12)2/h5-8,17H,4H2,1-3H3,(H,20,21). The van der Waals surface area contributed by atoms with Crippen molar-refractivity contribution in [3.05, 3.63) is 46.5 Å². The summed E-state index contributed by atoms with van der Waals surface area (Å²) in [6.45, 7) is 6.30. The molecule has 2 rings (SSSR count). The number of amides is 1. The Morgan fingerprint density at radius 3 is 2.71 bits per heavy atom. The third-order valence-electron chi connectivity index (χ3n) is 2.94. The molecule has 2 aromatic rings. The van der Waals surface area contributed by atoms with Gasteiger partial charge in [-0.05, 0) is 39.0 Å². The van der Waals surface area contributed by atoms with Gasteiger partial charge in [0.15, 0.2) is 0 Å². The van der Waals surface area contributed by atoms with Crippen LogP contribution in [0.25, 0.3) is 0 Å². The number of aryl methyl sites for hydroxylation is 2. The minimum atomic E-state index is -0.256. The van der Waals surface area contributed by atoms with Crippen molar-refractivity contribution in [1.29, 1.82) is 0 Å². The summed E-state index contributed by atoms with van der Waals surface area (Å²) >= 11 is 5.99. The molecule has 1 aromatic carbocycles. The van der Waals surface area contributed by atoms with Gasteiger partial charge >= 0.3 is 0 Å². The van der Waals surface area contributed by atoms with Gasteiger partial charge in [-0.25, -0.2) is 9.97 Å². The van der Waals surface area contributed by atoms with Crippen LogP contribution < -0.4 is 10.6 Å². The van der Waals surface area contributed by atoms with Crippen molar-refractivity contribution in [2.75, 3.05) is 17.2 Å². The lowest BCUT2D eigenvalue weighted by molar-refractivity contribution is 0.102. The summed E-state index contributed by atoms with van der Waals surface area (Å²) in [5.41, 5.74) is 2.55. The molecule has 0 saturated heterocycles. The topological polar surface area (TPSA) is 66.9 Å². The van der Waals surface area contributed by atoms with E-state index in [-0.39, 0.29) is 5.91 Å². The summed E-state index contributed by atoms with van der Waals surface area (Å²) in [4.78, 5) is 20.6. The molecule has 1 aromatic heterocycles. The third-order valence-corrected chi connectivity index (χ3v) is 3.18. The van der Waals surface area contributed by atoms with Crippen LogP contribution in [-0.4, -0.2) is 22.4 Å². The van der Waals surface area contributed by atoms with E-state index in [2.05, 4.69) is 20.6 Å². The first-order chi connectivity index (χ1) is 10.0. The van der Waals surface area contributed by atoms with Crippen molar-refractivity contribution >= 4 is 28.9 Å². The summed E-state index contributed by atoms with van der Waals surface area (Å²) in [6.07, 6.45) is 1.53. The quantitative estimate of drug-likeness (QED) is 0.908. The second kappa shape index (κ2) is 6.54. The number of benzene rings is 1. The van der Waals surface area contributed by atoms with Crippen LogP contribution >= 0.6 is 11.6 Å². The normalized spacial score (nSPS) is 10.3. The molecule has 21 heavy (non-hydrogen) atoms. The first kappa shape index (κ1) is 15.3. The third kappa shape index (κ3) is 3.70. The molecular weight excluding hydrogens is 288 g/mol. The second-order valence-electron chi connectivity index (χ2n) is 4.59. The van der Waals surface area contributed by atoms with E-state index in [1.165, 1.54) is 6.20 Å². The number of nitrogens with one attached hydrogen (secondary N) is 2. The van der Waals surface area contributed by atoms with Gasteiger partial charge in [0.1, 0.15) is 5.82 Å². The predicted octanol–water partition coefficient (Wildman–Crippen LogP) is 3.43. The number of nitrogens with zero attached hydrogens (tertiary/aromatic N) is 2. The van der Waals surface area contributed by atoms with E-state index in [4.69, 9.17) is 11.6 Å². The number of carbonyl (C=O) groups excluding carboxylic acids is 1. The lowest BCUT2D eigenvalue weighted by Gasteiger charge is -2.13. The molecule has 0 bridgehead atoms. The molecule has 110 valence electrons. The average molecular weight is 305 g/mol. The van der Waals surface area contributed by atoms with Gasteiger partial charge in [-0.15, -0.1) is 0 Å². The zero-order valence-electron chi connectivity index (χ0n) is 12.2. The molecule has 0 aliphatic heterocycles. The van der Waals surface area contributed by atoms with E-state index in [1.807, 2.05) is 13.0 Å². The molecule has 2 N–H and O–H groups in total. The minimum Gasteiger partial charge on any atom is -0.384 e. The molecule has 0 aliphatic rings. The molecule has 1 heterocycles. The average Bonchev–Trinajstić information content (AvgIpc) is 2.41. The van der Waals surface area contributed by atoms with E-state index in [9.17, 15) is 4.79 Å². The van der Waals surface area contributed by atoms with Crippen LogP contribution in [-0.2, 0) is 0 Å². The minimum absolute atomic E-state index is 0.256. The lowest BCUT2D eigenvalue weighted by atomic mass is 10.2. The maximum Gasteiger partial charge on any atom is 0.259 e. The van der Waals surface area contributed by atoms with Gasteiger partial charge in [-0.1, -0.05) is 11.6 Å². The lowest BCUT2D eigenvalue weighted by Crippen LogP contribution is -2.16. The molecule has 0 aliphatic carbocycles.